The molecule has 590 valence electrons. The van der Waals surface area contributed by atoms with E-state index in [1.807, 2.05) is 182 Å². The van der Waals surface area contributed by atoms with Crippen LogP contribution >= 0.6 is 34.8 Å². The van der Waals surface area contributed by atoms with Gasteiger partial charge in [0.05, 0.1) is 53.7 Å². The average molecular weight is 1630 g/mol. The molecule has 0 radical (unpaired) electrons. The van der Waals surface area contributed by atoms with Gasteiger partial charge in [-0.2, -0.15) is 0 Å². The van der Waals surface area contributed by atoms with Crippen LogP contribution in [0.25, 0.3) is 66.1 Å². The lowest BCUT2D eigenvalue weighted by Gasteiger charge is -2.22. The topological polar surface area (TPSA) is 459 Å². The Bertz CT molecular complexity index is 5900. The van der Waals surface area contributed by atoms with E-state index in [9.17, 15) is 44.1 Å². The second-order valence-electron chi connectivity index (χ2n) is 25.9. The highest BCUT2D eigenvalue weighted by atomic mass is 35.5. The Morgan fingerprint density at radius 2 is 0.521 bits per heavy atom. The predicted molar refractivity (Wildman–Crippen MR) is 441 cm³/mol. The lowest BCUT2D eigenvalue weighted by molar-refractivity contribution is -0.159. The maximum atomic E-state index is 12.7. The number of anilines is 3. The largest absolute Gasteiger partial charge is 0.476 e. The molecule has 0 aliphatic rings. The molecule has 0 amide bonds. The number of nitrogens with two attached hydrogens (primary N) is 3. The van der Waals surface area contributed by atoms with Crippen LogP contribution in [0.3, 0.4) is 0 Å². The van der Waals surface area contributed by atoms with Crippen molar-refractivity contribution in [2.24, 2.45) is 21.1 Å². The molecular formula is C85H67Cl3N12O17. The molecular weight excluding hydrogens is 1570 g/mol. The molecule has 6 aromatic heterocycles. The van der Waals surface area contributed by atoms with Crippen LogP contribution in [0, 0.1) is 0 Å². The number of aliphatic carboxylic acids is 4. The monoisotopic (exact) mass is 1630 g/mol. The third-order valence-electron chi connectivity index (χ3n) is 18.8. The number of fused-ring (bicyclic) bond motifs is 3. The molecule has 15 rings (SSSR count). The number of halogens is 3. The van der Waals surface area contributed by atoms with Crippen LogP contribution in [0.5, 0.6) is 0 Å². The first-order valence-electron chi connectivity index (χ1n) is 34.8. The number of aromatic nitrogens is 9. The molecule has 3 unspecified atom stereocenters. The van der Waals surface area contributed by atoms with E-state index >= 15 is 0 Å². The van der Waals surface area contributed by atoms with Crippen molar-refractivity contribution in [3.05, 3.63) is 352 Å². The Balaban J connectivity index is 0.000000161. The summed E-state index contributed by atoms with van der Waals surface area (Å²) in [5.74, 6) is -11.0. The SMILES string of the molecule is Cn1c(=O)cc(-c2ccccc2)c2cc(C(c3ccc(Cl)cc3)n3cnc(N)c3C(=O)O)ccc21.Cn1c(=O)cc(-c2ccccc2)c2cc(C(c3ccc(Cl)cc3)n3cnc(N)c3C(=O)O)ccc21.Cn1c(=O)cc(-c2ccccc2)c2cc(C(c3ccc(Cl)cc3)n3cnc(N)c3C(=O)O)ccc21.O=C(O)C(=O)O.O=C(O)C(=O)O. The fourth-order valence-corrected chi connectivity index (χ4v) is 13.7. The minimum Gasteiger partial charge on any atom is -0.476 e. The highest BCUT2D eigenvalue weighted by Crippen LogP contribution is 2.40. The Labute approximate surface area is 676 Å². The highest BCUT2D eigenvalue weighted by Gasteiger charge is 2.30. The van der Waals surface area contributed by atoms with Gasteiger partial charge in [0.2, 0.25) is 0 Å². The number of hydrogen-bond acceptors (Lipinski definition) is 16. The Morgan fingerprint density at radius 1 is 0.308 bits per heavy atom. The van der Waals surface area contributed by atoms with Gasteiger partial charge in [-0.3, -0.25) is 14.4 Å². The number of carboxylic acids is 7. The number of aromatic carboxylic acids is 3. The molecule has 3 atom stereocenters. The van der Waals surface area contributed by atoms with Gasteiger partial charge in [-0.15, -0.1) is 0 Å². The van der Waals surface area contributed by atoms with Gasteiger partial charge in [-0.25, -0.2) is 48.5 Å². The molecule has 6 heterocycles. The number of nitrogens with zero attached hydrogens (tertiary/aromatic N) is 9. The smallest absolute Gasteiger partial charge is 0.414 e. The highest BCUT2D eigenvalue weighted by molar-refractivity contribution is 6.31. The summed E-state index contributed by atoms with van der Waals surface area (Å²) in [5.41, 5.74) is 29.3. The molecule has 0 bridgehead atoms. The van der Waals surface area contributed by atoms with Crippen LogP contribution in [-0.2, 0) is 40.3 Å². The third kappa shape index (κ3) is 18.2. The summed E-state index contributed by atoms with van der Waals surface area (Å²) in [7, 11) is 5.19. The maximum absolute atomic E-state index is 12.7. The molecule has 15 aromatic rings. The number of imidazole rings is 3. The fourth-order valence-electron chi connectivity index (χ4n) is 13.4. The fraction of sp³-hybridized carbons (Fsp3) is 0.0706. The second kappa shape index (κ2) is 35.7. The van der Waals surface area contributed by atoms with Crippen molar-refractivity contribution in [3.63, 3.8) is 0 Å². The Morgan fingerprint density at radius 3 is 0.726 bits per heavy atom. The van der Waals surface area contributed by atoms with Crippen LogP contribution < -0.4 is 33.9 Å². The number of carboxylic acid groups (broad SMARTS) is 7. The zero-order valence-electron chi connectivity index (χ0n) is 61.6. The van der Waals surface area contributed by atoms with Crippen molar-refractivity contribution < 1.29 is 69.3 Å². The van der Waals surface area contributed by atoms with Gasteiger partial charge in [0.15, 0.2) is 34.5 Å². The third-order valence-corrected chi connectivity index (χ3v) is 19.6. The molecule has 0 spiro atoms. The second-order valence-corrected chi connectivity index (χ2v) is 27.3. The molecule has 13 N–H and O–H groups in total. The zero-order chi connectivity index (χ0) is 84.4. The summed E-state index contributed by atoms with van der Waals surface area (Å²) in [6.45, 7) is 0. The number of pyridine rings is 3. The number of benzene rings is 9. The maximum Gasteiger partial charge on any atom is 0.414 e. The quantitative estimate of drug-likeness (QED) is 0.0426. The van der Waals surface area contributed by atoms with E-state index in [-0.39, 0.29) is 51.2 Å². The molecule has 32 heteroatoms. The van der Waals surface area contributed by atoms with E-state index in [0.717, 1.165) is 99.5 Å². The molecule has 29 nitrogen and oxygen atoms in total. The van der Waals surface area contributed by atoms with Gasteiger partial charge >= 0.3 is 41.8 Å². The summed E-state index contributed by atoms with van der Waals surface area (Å²) in [6.07, 6.45) is 4.29. The summed E-state index contributed by atoms with van der Waals surface area (Å²) in [4.78, 5) is 123. The summed E-state index contributed by atoms with van der Waals surface area (Å²) in [6, 6.07) is 71.1. The van der Waals surface area contributed by atoms with Gasteiger partial charge < -0.3 is 80.3 Å². The van der Waals surface area contributed by atoms with Crippen molar-refractivity contribution >= 4 is 127 Å². The first-order chi connectivity index (χ1) is 55.8. The van der Waals surface area contributed by atoms with Gasteiger partial charge in [0, 0.05) is 70.6 Å². The number of nitrogen functional groups attached to an aromatic ring is 3. The normalized spacial score (nSPS) is 11.6. The minimum absolute atomic E-state index is 0.0652. The van der Waals surface area contributed by atoms with Crippen molar-refractivity contribution in [3.8, 4) is 33.4 Å². The van der Waals surface area contributed by atoms with Crippen molar-refractivity contribution in [1.82, 2.24) is 42.4 Å². The number of aryl methyl sites for hydroxylation is 3. The van der Waals surface area contributed by atoms with E-state index in [2.05, 4.69) is 15.0 Å². The lowest BCUT2D eigenvalue weighted by Crippen LogP contribution is -2.19. The number of carbonyl (C=O) groups is 7. The summed E-state index contributed by atoms with van der Waals surface area (Å²) >= 11 is 18.4. The lowest BCUT2D eigenvalue weighted by atomic mass is 9.94. The first-order valence-corrected chi connectivity index (χ1v) is 35.9. The molecule has 0 saturated heterocycles. The Kier molecular flexibility index (Phi) is 25.2. The van der Waals surface area contributed by atoms with E-state index in [4.69, 9.17) is 91.6 Å². The van der Waals surface area contributed by atoms with E-state index in [1.54, 1.807) is 103 Å². The van der Waals surface area contributed by atoms with Crippen molar-refractivity contribution in [2.75, 3.05) is 17.2 Å². The average Bonchev–Trinajstić information content (AvgIpc) is 1.71. The molecule has 0 saturated carbocycles. The van der Waals surface area contributed by atoms with Gasteiger partial charge in [-0.1, -0.05) is 180 Å². The molecule has 0 aliphatic heterocycles. The van der Waals surface area contributed by atoms with Crippen LogP contribution in [0.2, 0.25) is 15.1 Å². The molecule has 9 aromatic carbocycles. The van der Waals surface area contributed by atoms with Gasteiger partial charge in [0.25, 0.3) is 16.7 Å². The van der Waals surface area contributed by atoms with Crippen molar-refractivity contribution in [1.29, 1.82) is 0 Å². The van der Waals surface area contributed by atoms with Crippen LogP contribution in [-0.4, -0.2) is 120 Å². The van der Waals surface area contributed by atoms with E-state index < -0.39 is 59.9 Å². The van der Waals surface area contributed by atoms with Crippen LogP contribution in [0.4, 0.5) is 17.5 Å². The molecule has 117 heavy (non-hydrogen) atoms. The summed E-state index contributed by atoms with van der Waals surface area (Å²) in [5, 5.41) is 63.4. The van der Waals surface area contributed by atoms with E-state index in [1.165, 1.54) is 19.0 Å². The molecule has 0 aliphatic carbocycles. The zero-order valence-corrected chi connectivity index (χ0v) is 63.9. The minimum atomic E-state index is -1.82. The predicted octanol–water partition coefficient (Wildman–Crippen LogP) is 13.2. The van der Waals surface area contributed by atoms with Gasteiger partial charge in [0.1, 0.15) is 0 Å². The molecule has 0 fully saturated rings. The standard InChI is InChI=1S/3C27H21ClN4O3.2C2H2O4/c3*1-31-22-12-9-18(13-21(22)20(14-23(31)33)16-5-3-2-4-6-16)24(17-7-10-19(28)11-8-17)32-15-30-26(29)25(32)27(34)35;2*3-1(4)2(5)6/h3*2-15,24H,29H2,1H3,(H,34,35);2*(H,3,4)(H,5,6). The van der Waals surface area contributed by atoms with Crippen LogP contribution in [0.15, 0.2) is 270 Å². The first kappa shape index (κ1) is 82.8. The van der Waals surface area contributed by atoms with E-state index in [0.29, 0.717) is 15.1 Å². The van der Waals surface area contributed by atoms with Crippen molar-refractivity contribution in [2.45, 2.75) is 18.1 Å². The Hall–Kier alpha value is -15.2. The van der Waals surface area contributed by atoms with Crippen LogP contribution in [0.1, 0.15) is 83.0 Å². The van der Waals surface area contributed by atoms with Gasteiger partial charge in [-0.05, 0) is 140 Å². The summed E-state index contributed by atoms with van der Waals surface area (Å²) < 4.78 is 9.44. The number of hydrogen-bond donors (Lipinski definition) is 10. The number of rotatable bonds is 15.